The number of aromatic nitrogens is 2. The Bertz CT molecular complexity index is 690. The number of nitrogens with one attached hydrogen (secondary N) is 1. The van der Waals surface area contributed by atoms with Crippen LogP contribution in [-0.4, -0.2) is 37.9 Å². The molecule has 0 radical (unpaired) electrons. The smallest absolute Gasteiger partial charge is 0.256 e. The van der Waals surface area contributed by atoms with Gasteiger partial charge in [-0.05, 0) is 56.4 Å². The maximum Gasteiger partial charge on any atom is 0.256 e. The topological polar surface area (TPSA) is 67.2 Å². The summed E-state index contributed by atoms with van der Waals surface area (Å²) in [6.45, 7) is 4.15. The number of fused-ring (bicyclic) bond motifs is 1. The number of thioether (sulfide) groups is 1. The van der Waals surface area contributed by atoms with Crippen LogP contribution >= 0.6 is 11.8 Å². The van der Waals surface area contributed by atoms with Crippen LogP contribution < -0.4 is 5.32 Å². The molecule has 1 fully saturated rings. The molecule has 1 aromatic heterocycles. The molecule has 0 spiro atoms. The van der Waals surface area contributed by atoms with Crippen LogP contribution in [0.1, 0.15) is 32.7 Å². The van der Waals surface area contributed by atoms with Crippen molar-refractivity contribution in [2.75, 3.05) is 16.8 Å². The van der Waals surface area contributed by atoms with E-state index in [0.29, 0.717) is 24.6 Å². The van der Waals surface area contributed by atoms with Crippen LogP contribution in [0.5, 0.6) is 0 Å². The number of hydrogen-bond donors (Lipinski definition) is 2. The zero-order valence-electron chi connectivity index (χ0n) is 12.9. The number of hydrogen-bond acceptors (Lipinski definition) is 4. The number of anilines is 1. The zero-order chi connectivity index (χ0) is 15.7. The van der Waals surface area contributed by atoms with E-state index in [1.165, 1.54) is 0 Å². The Kier molecular flexibility index (Phi) is 4.14. The van der Waals surface area contributed by atoms with Crippen molar-refractivity contribution < 1.29 is 9.90 Å². The van der Waals surface area contributed by atoms with Crippen molar-refractivity contribution in [3.8, 4) is 0 Å². The predicted octanol–water partition coefficient (Wildman–Crippen LogP) is 2.81. The fraction of sp³-hybridized carbons (Fsp3) is 0.500. The number of nitrogens with zero attached hydrogens (tertiary/aromatic N) is 2. The van der Waals surface area contributed by atoms with Crippen LogP contribution in [0.15, 0.2) is 24.4 Å². The summed E-state index contributed by atoms with van der Waals surface area (Å²) < 4.78 is 1.90. The van der Waals surface area contributed by atoms with E-state index in [0.717, 1.165) is 22.4 Å². The van der Waals surface area contributed by atoms with Gasteiger partial charge in [0.2, 0.25) is 0 Å². The average Bonchev–Trinajstić information content (AvgIpc) is 2.91. The SMILES string of the molecule is CC(C)n1cc2cc(NC(=O)C3(O)CCSCC3)ccc2n1. The Balaban J connectivity index is 1.80. The maximum atomic E-state index is 12.3. The third-order valence-electron chi connectivity index (χ3n) is 4.05. The monoisotopic (exact) mass is 319 g/mol. The molecule has 2 N–H and O–H groups in total. The quantitative estimate of drug-likeness (QED) is 0.913. The van der Waals surface area contributed by atoms with Gasteiger partial charge in [-0.2, -0.15) is 16.9 Å². The molecule has 1 aromatic carbocycles. The summed E-state index contributed by atoms with van der Waals surface area (Å²) in [4.78, 5) is 12.3. The van der Waals surface area contributed by atoms with Crippen LogP contribution in [0.3, 0.4) is 0 Å². The van der Waals surface area contributed by atoms with Gasteiger partial charge in [0.05, 0.1) is 5.52 Å². The fourth-order valence-electron chi connectivity index (χ4n) is 2.57. The highest BCUT2D eigenvalue weighted by atomic mass is 32.2. The van der Waals surface area contributed by atoms with Gasteiger partial charge >= 0.3 is 0 Å². The Morgan fingerprint density at radius 2 is 2.14 bits per heavy atom. The normalized spacial score (nSPS) is 17.8. The van der Waals surface area contributed by atoms with E-state index in [2.05, 4.69) is 24.3 Å². The van der Waals surface area contributed by atoms with Gasteiger partial charge in [-0.1, -0.05) is 0 Å². The molecule has 3 rings (SSSR count). The van der Waals surface area contributed by atoms with Crippen LogP contribution in [0, 0.1) is 0 Å². The number of benzene rings is 1. The summed E-state index contributed by atoms with van der Waals surface area (Å²) in [5.41, 5.74) is 0.370. The highest BCUT2D eigenvalue weighted by Gasteiger charge is 2.37. The van der Waals surface area contributed by atoms with Crippen molar-refractivity contribution >= 4 is 34.3 Å². The number of carbonyl (C=O) groups excluding carboxylic acids is 1. The first kappa shape index (κ1) is 15.4. The lowest BCUT2D eigenvalue weighted by molar-refractivity contribution is -0.134. The van der Waals surface area contributed by atoms with E-state index in [1.54, 1.807) is 11.8 Å². The minimum Gasteiger partial charge on any atom is -0.380 e. The molecule has 0 atom stereocenters. The molecule has 22 heavy (non-hydrogen) atoms. The summed E-state index contributed by atoms with van der Waals surface area (Å²) in [6, 6.07) is 5.93. The van der Waals surface area contributed by atoms with E-state index in [-0.39, 0.29) is 5.91 Å². The molecule has 2 aromatic rings. The van der Waals surface area contributed by atoms with Crippen LogP contribution in [0.2, 0.25) is 0 Å². The first-order chi connectivity index (χ1) is 10.5. The predicted molar refractivity (Wildman–Crippen MR) is 90.3 cm³/mol. The zero-order valence-corrected chi connectivity index (χ0v) is 13.7. The molecule has 6 heteroatoms. The third-order valence-corrected chi connectivity index (χ3v) is 5.04. The molecule has 1 saturated heterocycles. The summed E-state index contributed by atoms with van der Waals surface area (Å²) in [5.74, 6) is 1.34. The lowest BCUT2D eigenvalue weighted by Crippen LogP contribution is -2.45. The van der Waals surface area contributed by atoms with Crippen LogP contribution in [0.4, 0.5) is 5.69 Å². The maximum absolute atomic E-state index is 12.3. The summed E-state index contributed by atoms with van der Waals surface area (Å²) >= 11 is 1.78. The molecule has 0 aliphatic carbocycles. The largest absolute Gasteiger partial charge is 0.380 e. The minimum atomic E-state index is -1.23. The molecule has 1 amide bonds. The first-order valence-corrected chi connectivity index (χ1v) is 8.74. The molecular formula is C16H21N3O2S. The Hall–Kier alpha value is -1.53. The highest BCUT2D eigenvalue weighted by Crippen LogP contribution is 2.28. The number of aliphatic hydroxyl groups is 1. The number of amides is 1. The number of rotatable bonds is 3. The van der Waals surface area contributed by atoms with Crippen molar-refractivity contribution in [1.82, 2.24) is 9.78 Å². The third kappa shape index (κ3) is 2.98. The van der Waals surface area contributed by atoms with E-state index in [1.807, 2.05) is 29.1 Å². The van der Waals surface area contributed by atoms with E-state index in [4.69, 9.17) is 0 Å². The lowest BCUT2D eigenvalue weighted by Gasteiger charge is -2.30. The Labute approximate surface area is 134 Å². The number of carbonyl (C=O) groups is 1. The molecule has 2 heterocycles. The van der Waals surface area contributed by atoms with Crippen molar-refractivity contribution in [3.63, 3.8) is 0 Å². The Morgan fingerprint density at radius 3 is 2.82 bits per heavy atom. The van der Waals surface area contributed by atoms with Crippen molar-refractivity contribution in [2.24, 2.45) is 0 Å². The molecule has 118 valence electrons. The summed E-state index contributed by atoms with van der Waals surface area (Å²) in [5, 5.41) is 18.8. The standard InChI is InChI=1S/C16H21N3O2S/c1-11(2)19-10-12-9-13(3-4-14(12)18-19)17-15(20)16(21)5-7-22-8-6-16/h3-4,9-11,21H,5-8H2,1-2H3,(H,17,20). The molecule has 1 aliphatic heterocycles. The second-order valence-electron chi connectivity index (χ2n) is 6.07. The van der Waals surface area contributed by atoms with E-state index < -0.39 is 5.60 Å². The molecule has 5 nitrogen and oxygen atoms in total. The van der Waals surface area contributed by atoms with Gasteiger partial charge in [0.15, 0.2) is 0 Å². The highest BCUT2D eigenvalue weighted by molar-refractivity contribution is 7.99. The van der Waals surface area contributed by atoms with E-state index >= 15 is 0 Å². The van der Waals surface area contributed by atoms with Crippen molar-refractivity contribution in [3.05, 3.63) is 24.4 Å². The molecular weight excluding hydrogens is 298 g/mol. The molecule has 0 bridgehead atoms. The van der Waals surface area contributed by atoms with Crippen molar-refractivity contribution in [2.45, 2.75) is 38.3 Å². The molecule has 0 saturated carbocycles. The summed E-state index contributed by atoms with van der Waals surface area (Å²) in [7, 11) is 0. The average molecular weight is 319 g/mol. The van der Waals surface area contributed by atoms with Gasteiger partial charge in [0.1, 0.15) is 5.60 Å². The van der Waals surface area contributed by atoms with E-state index in [9.17, 15) is 9.90 Å². The van der Waals surface area contributed by atoms with Crippen molar-refractivity contribution in [1.29, 1.82) is 0 Å². The van der Waals surface area contributed by atoms with Crippen LogP contribution in [-0.2, 0) is 4.79 Å². The Morgan fingerprint density at radius 1 is 1.41 bits per heavy atom. The summed E-state index contributed by atoms with van der Waals surface area (Å²) in [6.07, 6.45) is 3.00. The van der Waals surface area contributed by atoms with Gasteiger partial charge in [0.25, 0.3) is 5.91 Å². The first-order valence-electron chi connectivity index (χ1n) is 7.58. The van der Waals surface area contributed by atoms with Gasteiger partial charge < -0.3 is 10.4 Å². The van der Waals surface area contributed by atoms with Gasteiger partial charge in [-0.15, -0.1) is 0 Å². The second-order valence-corrected chi connectivity index (χ2v) is 7.30. The van der Waals surface area contributed by atoms with Gasteiger partial charge in [-0.25, -0.2) is 0 Å². The molecule has 0 unspecified atom stereocenters. The minimum absolute atomic E-state index is 0.297. The fourth-order valence-corrected chi connectivity index (χ4v) is 3.74. The van der Waals surface area contributed by atoms with Gasteiger partial charge in [0, 0.05) is 23.3 Å². The molecule has 1 aliphatic rings. The van der Waals surface area contributed by atoms with Crippen LogP contribution in [0.25, 0.3) is 10.9 Å². The van der Waals surface area contributed by atoms with Gasteiger partial charge in [-0.3, -0.25) is 9.48 Å². The second kappa shape index (κ2) is 5.93. The lowest BCUT2D eigenvalue weighted by atomic mass is 9.95.